The first-order chi connectivity index (χ1) is 8.24. The molecule has 2 aromatic rings. The number of carbonyl (C=O) groups is 1. The van der Waals surface area contributed by atoms with Crippen molar-refractivity contribution in [2.24, 2.45) is 0 Å². The van der Waals surface area contributed by atoms with Crippen LogP contribution in [0.5, 0.6) is 0 Å². The molecule has 1 aromatic carbocycles. The monoisotopic (exact) mass is 235 g/mol. The smallest absolute Gasteiger partial charge is 0.356 e. The first kappa shape index (κ1) is 11.4. The van der Waals surface area contributed by atoms with Crippen LogP contribution < -0.4 is 5.32 Å². The molecular formula is C11H13N3O3. The van der Waals surface area contributed by atoms with Gasteiger partial charge in [-0.15, -0.1) is 0 Å². The Hall–Kier alpha value is -2.08. The van der Waals surface area contributed by atoms with Crippen molar-refractivity contribution < 1.29 is 14.3 Å². The second-order valence-corrected chi connectivity index (χ2v) is 3.39. The van der Waals surface area contributed by atoms with Crippen LogP contribution in [-0.2, 0) is 14.3 Å². The Bertz CT molecular complexity index is 490. The molecule has 0 aliphatic carbocycles. The van der Waals surface area contributed by atoms with Gasteiger partial charge in [-0.05, 0) is 12.1 Å². The summed E-state index contributed by atoms with van der Waals surface area (Å²) in [6.07, 6.45) is -0.874. The summed E-state index contributed by atoms with van der Waals surface area (Å²) < 4.78 is 9.54. The third-order valence-corrected chi connectivity index (χ3v) is 2.31. The number of carbonyl (C=O) groups excluding carboxylic acids is 1. The molecule has 1 heterocycles. The normalized spacial score (nSPS) is 12.4. The maximum atomic E-state index is 11.3. The number of fused-ring (bicyclic) bond motifs is 1. The lowest BCUT2D eigenvalue weighted by atomic mass is 10.3. The van der Waals surface area contributed by atoms with Crippen molar-refractivity contribution >= 4 is 23.0 Å². The van der Waals surface area contributed by atoms with Crippen LogP contribution in [0.4, 0.5) is 5.95 Å². The van der Waals surface area contributed by atoms with Crippen LogP contribution in [0.15, 0.2) is 24.3 Å². The van der Waals surface area contributed by atoms with Crippen LogP contribution in [0, 0.1) is 0 Å². The van der Waals surface area contributed by atoms with Gasteiger partial charge in [-0.1, -0.05) is 12.1 Å². The molecule has 17 heavy (non-hydrogen) atoms. The number of benzene rings is 1. The Labute approximate surface area is 97.9 Å². The summed E-state index contributed by atoms with van der Waals surface area (Å²) in [6.45, 7) is 0. The quantitative estimate of drug-likeness (QED) is 0.613. The lowest BCUT2D eigenvalue weighted by Crippen LogP contribution is -2.32. The Balaban J connectivity index is 2.19. The van der Waals surface area contributed by atoms with Gasteiger partial charge in [-0.2, -0.15) is 0 Å². The summed E-state index contributed by atoms with van der Waals surface area (Å²) in [5, 5.41) is 2.81. The van der Waals surface area contributed by atoms with Crippen LogP contribution in [-0.4, -0.2) is 36.4 Å². The van der Waals surface area contributed by atoms with Crippen molar-refractivity contribution in [1.82, 2.24) is 9.97 Å². The molecule has 0 saturated heterocycles. The van der Waals surface area contributed by atoms with Crippen molar-refractivity contribution in [3.05, 3.63) is 24.3 Å². The number of esters is 1. The van der Waals surface area contributed by atoms with E-state index in [1.165, 1.54) is 14.2 Å². The van der Waals surface area contributed by atoms with E-state index in [0.29, 0.717) is 5.95 Å². The van der Waals surface area contributed by atoms with Gasteiger partial charge < -0.3 is 19.8 Å². The Morgan fingerprint density at radius 2 is 2.18 bits per heavy atom. The molecule has 90 valence electrons. The summed E-state index contributed by atoms with van der Waals surface area (Å²) in [7, 11) is 2.71. The van der Waals surface area contributed by atoms with E-state index in [1.54, 1.807) is 0 Å². The van der Waals surface area contributed by atoms with Crippen molar-refractivity contribution in [3.8, 4) is 0 Å². The van der Waals surface area contributed by atoms with Crippen molar-refractivity contribution in [2.75, 3.05) is 19.5 Å². The number of ether oxygens (including phenoxy) is 2. The molecule has 2 N–H and O–H groups in total. The molecule has 0 bridgehead atoms. The number of nitrogens with zero attached hydrogens (tertiary/aromatic N) is 1. The van der Waals surface area contributed by atoms with Crippen LogP contribution in [0.25, 0.3) is 11.0 Å². The maximum Gasteiger partial charge on any atom is 0.356 e. The fourth-order valence-corrected chi connectivity index (χ4v) is 1.47. The number of anilines is 1. The molecule has 0 fully saturated rings. The number of para-hydroxylation sites is 2. The highest BCUT2D eigenvalue weighted by Gasteiger charge is 2.19. The minimum atomic E-state index is -0.874. The zero-order chi connectivity index (χ0) is 12.3. The fraction of sp³-hybridized carbons (Fsp3) is 0.273. The number of nitrogens with one attached hydrogen (secondary N) is 2. The van der Waals surface area contributed by atoms with E-state index in [0.717, 1.165) is 11.0 Å². The van der Waals surface area contributed by atoms with Gasteiger partial charge in [0.2, 0.25) is 12.2 Å². The molecule has 1 unspecified atom stereocenters. The predicted molar refractivity (Wildman–Crippen MR) is 62.5 cm³/mol. The molecule has 2 rings (SSSR count). The highest BCUT2D eigenvalue weighted by atomic mass is 16.6. The molecule has 0 aliphatic heterocycles. The van der Waals surface area contributed by atoms with Gasteiger partial charge in [-0.3, -0.25) is 0 Å². The van der Waals surface area contributed by atoms with Gasteiger partial charge in [0.25, 0.3) is 0 Å². The third-order valence-electron chi connectivity index (χ3n) is 2.31. The molecule has 0 spiro atoms. The summed E-state index contributed by atoms with van der Waals surface area (Å²) in [6, 6.07) is 7.56. The van der Waals surface area contributed by atoms with Crippen LogP contribution >= 0.6 is 0 Å². The number of aromatic nitrogens is 2. The van der Waals surface area contributed by atoms with Gasteiger partial charge in [0.15, 0.2) is 0 Å². The van der Waals surface area contributed by atoms with Crippen LogP contribution in [0.2, 0.25) is 0 Å². The summed E-state index contributed by atoms with van der Waals surface area (Å²) >= 11 is 0. The molecular weight excluding hydrogens is 222 g/mol. The number of hydrogen-bond donors (Lipinski definition) is 2. The van der Waals surface area contributed by atoms with E-state index in [2.05, 4.69) is 20.0 Å². The number of H-pyrrole nitrogens is 1. The molecule has 1 aromatic heterocycles. The number of methoxy groups -OCH3 is 2. The van der Waals surface area contributed by atoms with Gasteiger partial charge in [-0.25, -0.2) is 9.78 Å². The third kappa shape index (κ3) is 2.36. The van der Waals surface area contributed by atoms with E-state index >= 15 is 0 Å². The van der Waals surface area contributed by atoms with E-state index < -0.39 is 12.2 Å². The predicted octanol–water partition coefficient (Wildman–Crippen LogP) is 1.12. The van der Waals surface area contributed by atoms with Gasteiger partial charge in [0.05, 0.1) is 18.1 Å². The van der Waals surface area contributed by atoms with Crippen molar-refractivity contribution in [1.29, 1.82) is 0 Å². The van der Waals surface area contributed by atoms with Crippen molar-refractivity contribution in [3.63, 3.8) is 0 Å². The average Bonchev–Trinajstić information content (AvgIpc) is 2.77. The standard InChI is InChI=1S/C11H13N3O3/c1-16-9(10(15)17-2)14-11-12-7-5-3-4-6-8(7)13-11/h3-6,9H,1-2H3,(H2,12,13,14). The van der Waals surface area contributed by atoms with E-state index in [1.807, 2.05) is 24.3 Å². The zero-order valence-corrected chi connectivity index (χ0v) is 9.56. The number of aromatic amines is 1. The Kier molecular flexibility index (Phi) is 3.24. The molecule has 6 heteroatoms. The highest BCUT2D eigenvalue weighted by molar-refractivity contribution is 5.80. The van der Waals surface area contributed by atoms with Gasteiger partial charge in [0, 0.05) is 7.11 Å². The summed E-state index contributed by atoms with van der Waals surface area (Å²) in [4.78, 5) is 18.6. The lowest BCUT2D eigenvalue weighted by Gasteiger charge is -2.13. The van der Waals surface area contributed by atoms with Gasteiger partial charge in [0.1, 0.15) is 0 Å². The minimum absolute atomic E-state index is 0.462. The molecule has 0 aliphatic rings. The number of imidazole rings is 1. The van der Waals surface area contributed by atoms with Crippen LogP contribution in [0.1, 0.15) is 0 Å². The lowest BCUT2D eigenvalue weighted by molar-refractivity contribution is -0.150. The first-order valence-electron chi connectivity index (χ1n) is 5.06. The largest absolute Gasteiger partial charge is 0.466 e. The number of hydrogen-bond acceptors (Lipinski definition) is 5. The average molecular weight is 235 g/mol. The Morgan fingerprint density at radius 3 is 2.82 bits per heavy atom. The highest BCUT2D eigenvalue weighted by Crippen LogP contribution is 2.14. The van der Waals surface area contributed by atoms with Crippen molar-refractivity contribution in [2.45, 2.75) is 6.23 Å². The van der Waals surface area contributed by atoms with Crippen LogP contribution in [0.3, 0.4) is 0 Å². The molecule has 1 atom stereocenters. The number of rotatable bonds is 4. The fourth-order valence-electron chi connectivity index (χ4n) is 1.47. The molecule has 0 amide bonds. The summed E-state index contributed by atoms with van der Waals surface area (Å²) in [5.41, 5.74) is 1.70. The zero-order valence-electron chi connectivity index (χ0n) is 9.56. The second kappa shape index (κ2) is 4.84. The summed E-state index contributed by atoms with van der Waals surface area (Å²) in [5.74, 6) is -0.0450. The molecule has 0 radical (unpaired) electrons. The van der Waals surface area contributed by atoms with E-state index in [-0.39, 0.29) is 0 Å². The Morgan fingerprint density at radius 1 is 1.41 bits per heavy atom. The van der Waals surface area contributed by atoms with E-state index in [4.69, 9.17) is 4.74 Å². The maximum absolute atomic E-state index is 11.3. The first-order valence-corrected chi connectivity index (χ1v) is 5.06. The molecule has 6 nitrogen and oxygen atoms in total. The SMILES string of the molecule is COC(=O)C(Nc1nc2ccccc2[nH]1)OC. The molecule has 0 saturated carbocycles. The topological polar surface area (TPSA) is 76.2 Å². The van der Waals surface area contributed by atoms with Gasteiger partial charge >= 0.3 is 5.97 Å². The van der Waals surface area contributed by atoms with E-state index in [9.17, 15) is 4.79 Å². The minimum Gasteiger partial charge on any atom is -0.466 e. The second-order valence-electron chi connectivity index (χ2n) is 3.39.